The summed E-state index contributed by atoms with van der Waals surface area (Å²) in [6, 6.07) is 1.73. The first-order chi connectivity index (χ1) is 10.00. The van der Waals surface area contributed by atoms with Gasteiger partial charge in [-0.25, -0.2) is 0 Å². The van der Waals surface area contributed by atoms with Crippen LogP contribution in [0.1, 0.15) is 28.6 Å². The van der Waals surface area contributed by atoms with Crippen LogP contribution in [0.4, 0.5) is 0 Å². The zero-order valence-corrected chi connectivity index (χ0v) is 12.9. The number of thiophene rings is 1. The second-order valence-electron chi connectivity index (χ2n) is 5.28. The predicted octanol–water partition coefficient (Wildman–Crippen LogP) is 0.690. The zero-order chi connectivity index (χ0) is 15.5. The minimum Gasteiger partial charge on any atom is -0.384 e. The summed E-state index contributed by atoms with van der Waals surface area (Å²) in [7, 11) is 1.61. The van der Waals surface area contributed by atoms with E-state index in [0.717, 1.165) is 4.88 Å². The second kappa shape index (κ2) is 6.29. The van der Waals surface area contributed by atoms with Gasteiger partial charge in [0.15, 0.2) is 0 Å². The van der Waals surface area contributed by atoms with Gasteiger partial charge in [-0.15, -0.1) is 11.3 Å². The van der Waals surface area contributed by atoms with Crippen LogP contribution < -0.4 is 5.32 Å². The highest BCUT2D eigenvalue weighted by Gasteiger charge is 2.41. The van der Waals surface area contributed by atoms with Gasteiger partial charge in [0.05, 0.1) is 15.9 Å². The number of hydrogen-bond donors (Lipinski definition) is 2. The van der Waals surface area contributed by atoms with Crippen LogP contribution >= 0.6 is 11.3 Å². The van der Waals surface area contributed by atoms with E-state index in [9.17, 15) is 9.59 Å². The number of hydrogen-bond acceptors (Lipinski definition) is 4. The van der Waals surface area contributed by atoms with E-state index in [1.165, 1.54) is 11.3 Å². The molecular formula is C15H18N2O3S. The van der Waals surface area contributed by atoms with E-state index < -0.39 is 5.41 Å². The molecule has 1 aliphatic rings. The van der Waals surface area contributed by atoms with E-state index in [4.69, 9.17) is 5.11 Å². The molecule has 5 nitrogen and oxygen atoms in total. The molecule has 1 aromatic rings. The van der Waals surface area contributed by atoms with E-state index in [-0.39, 0.29) is 18.4 Å². The van der Waals surface area contributed by atoms with Gasteiger partial charge in [0.1, 0.15) is 6.61 Å². The Labute approximate surface area is 128 Å². The van der Waals surface area contributed by atoms with Crippen molar-refractivity contribution < 1.29 is 14.7 Å². The Balaban J connectivity index is 2.08. The van der Waals surface area contributed by atoms with Gasteiger partial charge < -0.3 is 15.3 Å². The molecule has 2 amide bonds. The summed E-state index contributed by atoms with van der Waals surface area (Å²) in [5, 5.41) is 13.1. The Hall–Kier alpha value is -1.84. The van der Waals surface area contributed by atoms with Gasteiger partial charge in [0.25, 0.3) is 5.91 Å². The first-order valence-electron chi connectivity index (χ1n) is 6.70. The standard InChI is InChI=1S/C15H18N2O3S/c1-15(14(20)16-2)5-6-17(10-15)13(19)11-8-12(21-9-11)4-3-7-18/h8-9,18H,5-7,10H2,1-2H3,(H,16,20). The Morgan fingerprint density at radius 3 is 3.00 bits per heavy atom. The van der Waals surface area contributed by atoms with Crippen LogP contribution in [0.15, 0.2) is 11.4 Å². The van der Waals surface area contributed by atoms with Crippen LogP contribution in [-0.2, 0) is 4.79 Å². The number of likely N-dealkylation sites (tertiary alicyclic amines) is 1. The fourth-order valence-electron chi connectivity index (χ4n) is 2.44. The minimum absolute atomic E-state index is 0.0300. The normalized spacial score (nSPS) is 20.8. The molecule has 2 rings (SSSR count). The van der Waals surface area contributed by atoms with Gasteiger partial charge in [0, 0.05) is 25.5 Å². The predicted molar refractivity (Wildman–Crippen MR) is 81.0 cm³/mol. The Bertz CT molecular complexity index is 614. The van der Waals surface area contributed by atoms with Crippen LogP contribution in [0.2, 0.25) is 0 Å². The van der Waals surface area contributed by atoms with Crippen LogP contribution in [0.25, 0.3) is 0 Å². The summed E-state index contributed by atoms with van der Waals surface area (Å²) in [6.45, 7) is 2.69. The first kappa shape index (κ1) is 15.5. The number of aliphatic hydroxyl groups excluding tert-OH is 1. The van der Waals surface area contributed by atoms with E-state index in [1.807, 2.05) is 6.92 Å². The molecule has 0 aliphatic carbocycles. The molecular weight excluding hydrogens is 288 g/mol. The Morgan fingerprint density at radius 1 is 1.57 bits per heavy atom. The number of nitrogens with zero attached hydrogens (tertiary/aromatic N) is 1. The third kappa shape index (κ3) is 3.26. The molecule has 1 fully saturated rings. The average molecular weight is 306 g/mol. The SMILES string of the molecule is CNC(=O)C1(C)CCN(C(=O)c2csc(C#CCO)c2)C1. The summed E-state index contributed by atoms with van der Waals surface area (Å²) < 4.78 is 0. The number of carbonyl (C=O) groups excluding carboxylic acids is 2. The molecule has 1 atom stereocenters. The number of nitrogens with one attached hydrogen (secondary N) is 1. The van der Waals surface area contributed by atoms with Gasteiger partial charge in [-0.1, -0.05) is 11.8 Å². The number of amides is 2. The molecule has 6 heteroatoms. The lowest BCUT2D eigenvalue weighted by atomic mass is 9.89. The van der Waals surface area contributed by atoms with Gasteiger partial charge >= 0.3 is 0 Å². The third-order valence-corrected chi connectivity index (χ3v) is 4.52. The van der Waals surface area contributed by atoms with E-state index in [0.29, 0.717) is 25.1 Å². The summed E-state index contributed by atoms with van der Waals surface area (Å²) in [4.78, 5) is 26.8. The maximum atomic E-state index is 12.4. The summed E-state index contributed by atoms with van der Waals surface area (Å²) in [6.07, 6.45) is 0.666. The molecule has 1 aliphatic heterocycles. The number of carbonyl (C=O) groups is 2. The molecule has 0 spiro atoms. The van der Waals surface area contributed by atoms with Crippen molar-refractivity contribution in [2.24, 2.45) is 5.41 Å². The quantitative estimate of drug-likeness (QED) is 0.790. The highest BCUT2D eigenvalue weighted by Crippen LogP contribution is 2.31. The van der Waals surface area contributed by atoms with Crippen LogP contribution in [-0.4, -0.2) is 48.6 Å². The molecule has 112 valence electrons. The van der Waals surface area contributed by atoms with Crippen molar-refractivity contribution in [3.05, 3.63) is 21.9 Å². The highest BCUT2D eigenvalue weighted by molar-refractivity contribution is 7.10. The van der Waals surface area contributed by atoms with E-state index in [2.05, 4.69) is 17.2 Å². The highest BCUT2D eigenvalue weighted by atomic mass is 32.1. The molecule has 1 saturated heterocycles. The maximum absolute atomic E-state index is 12.4. The van der Waals surface area contributed by atoms with Crippen molar-refractivity contribution in [1.29, 1.82) is 0 Å². The van der Waals surface area contributed by atoms with Crippen molar-refractivity contribution in [2.45, 2.75) is 13.3 Å². The first-order valence-corrected chi connectivity index (χ1v) is 7.58. The lowest BCUT2D eigenvalue weighted by Crippen LogP contribution is -2.40. The van der Waals surface area contributed by atoms with Crippen molar-refractivity contribution in [2.75, 3.05) is 26.7 Å². The lowest BCUT2D eigenvalue weighted by Gasteiger charge is -2.22. The van der Waals surface area contributed by atoms with E-state index >= 15 is 0 Å². The van der Waals surface area contributed by atoms with Crippen LogP contribution in [0, 0.1) is 17.3 Å². The number of aliphatic hydroxyl groups is 1. The molecule has 0 radical (unpaired) electrons. The van der Waals surface area contributed by atoms with Gasteiger partial charge in [-0.05, 0) is 19.4 Å². The molecule has 0 aromatic carbocycles. The fraction of sp³-hybridized carbons (Fsp3) is 0.467. The molecule has 1 aromatic heterocycles. The monoisotopic (exact) mass is 306 g/mol. The van der Waals surface area contributed by atoms with Crippen LogP contribution in [0.5, 0.6) is 0 Å². The smallest absolute Gasteiger partial charge is 0.254 e. The maximum Gasteiger partial charge on any atom is 0.254 e. The third-order valence-electron chi connectivity index (χ3n) is 3.67. The van der Waals surface area contributed by atoms with Crippen molar-refractivity contribution in [3.63, 3.8) is 0 Å². The second-order valence-corrected chi connectivity index (χ2v) is 6.19. The molecule has 0 saturated carbocycles. The van der Waals surface area contributed by atoms with Crippen molar-refractivity contribution >= 4 is 23.2 Å². The van der Waals surface area contributed by atoms with Gasteiger partial charge in [-0.2, -0.15) is 0 Å². The van der Waals surface area contributed by atoms with Crippen molar-refractivity contribution in [3.8, 4) is 11.8 Å². The van der Waals surface area contributed by atoms with Crippen molar-refractivity contribution in [1.82, 2.24) is 10.2 Å². The fourth-order valence-corrected chi connectivity index (χ4v) is 3.19. The average Bonchev–Trinajstić information content (AvgIpc) is 3.11. The van der Waals surface area contributed by atoms with Gasteiger partial charge in [0.2, 0.25) is 5.91 Å². The van der Waals surface area contributed by atoms with E-state index in [1.54, 1.807) is 23.4 Å². The zero-order valence-electron chi connectivity index (χ0n) is 12.1. The van der Waals surface area contributed by atoms with Gasteiger partial charge in [-0.3, -0.25) is 9.59 Å². The summed E-state index contributed by atoms with van der Waals surface area (Å²) in [5.74, 6) is 5.24. The summed E-state index contributed by atoms with van der Waals surface area (Å²) >= 11 is 1.38. The molecule has 0 bridgehead atoms. The molecule has 21 heavy (non-hydrogen) atoms. The summed E-state index contributed by atoms with van der Waals surface area (Å²) in [5.41, 5.74) is 0.0725. The Morgan fingerprint density at radius 2 is 2.33 bits per heavy atom. The minimum atomic E-state index is -0.514. The molecule has 2 N–H and O–H groups in total. The topological polar surface area (TPSA) is 69.6 Å². The Kier molecular flexibility index (Phi) is 4.66. The molecule has 1 unspecified atom stereocenters. The lowest BCUT2D eigenvalue weighted by molar-refractivity contribution is -0.128. The number of rotatable bonds is 2. The largest absolute Gasteiger partial charge is 0.384 e. The van der Waals surface area contributed by atoms with Crippen LogP contribution in [0.3, 0.4) is 0 Å². The molecule has 2 heterocycles.